The Morgan fingerprint density at radius 3 is 2.33 bits per heavy atom. The number of carbonyl (C=O) groups is 1. The zero-order chi connectivity index (χ0) is 11.7. The Bertz CT molecular complexity index is 275. The van der Waals surface area contributed by atoms with Crippen LogP contribution in [0.3, 0.4) is 0 Å². The van der Waals surface area contributed by atoms with Crippen LogP contribution >= 0.6 is 0 Å². The van der Waals surface area contributed by atoms with E-state index in [2.05, 4.69) is 10.2 Å². The third kappa shape index (κ3) is 4.27. The summed E-state index contributed by atoms with van der Waals surface area (Å²) in [5, 5.41) is 7.77. The Morgan fingerprint density at radius 1 is 1.40 bits per heavy atom. The van der Waals surface area contributed by atoms with Gasteiger partial charge in [0.1, 0.15) is 5.60 Å². The van der Waals surface area contributed by atoms with E-state index in [1.165, 1.54) is 0 Å². The van der Waals surface area contributed by atoms with Gasteiger partial charge in [-0.1, -0.05) is 0 Å². The Kier molecular flexibility index (Phi) is 3.02. The fourth-order valence-corrected chi connectivity index (χ4v) is 0.996. The first-order chi connectivity index (χ1) is 6.72. The lowest BCUT2D eigenvalue weighted by Gasteiger charge is -2.24. The molecule has 0 fully saturated rings. The normalized spacial score (nSPS) is 17.4. The van der Waals surface area contributed by atoms with Crippen LogP contribution in [-0.2, 0) is 4.74 Å². The number of hydrogen-bond acceptors (Lipinski definition) is 4. The summed E-state index contributed by atoms with van der Waals surface area (Å²) in [6.45, 7) is 8.11. The molecule has 0 atom stereocenters. The van der Waals surface area contributed by atoms with Crippen molar-refractivity contribution in [2.45, 2.75) is 45.4 Å². The van der Waals surface area contributed by atoms with Gasteiger partial charge in [0.2, 0.25) is 0 Å². The Labute approximate surface area is 90.5 Å². The third-order valence-corrected chi connectivity index (χ3v) is 2.07. The molecule has 1 aliphatic rings. The van der Waals surface area contributed by atoms with Crippen LogP contribution in [0.2, 0.25) is 0 Å². The number of rotatable bonds is 3. The van der Waals surface area contributed by atoms with Gasteiger partial charge in [0.15, 0.2) is 5.66 Å². The molecule has 86 valence electrons. The average molecular weight is 213 g/mol. The van der Waals surface area contributed by atoms with E-state index in [0.29, 0.717) is 6.54 Å². The lowest BCUT2D eigenvalue weighted by atomic mass is 10.2. The molecule has 1 aliphatic heterocycles. The van der Waals surface area contributed by atoms with Crippen molar-refractivity contribution in [1.82, 2.24) is 4.90 Å². The molecule has 1 amide bonds. The monoisotopic (exact) mass is 213 g/mol. The maximum Gasteiger partial charge on any atom is 0.410 e. The quantitative estimate of drug-likeness (QED) is 0.723. The summed E-state index contributed by atoms with van der Waals surface area (Å²) in [5.41, 5.74) is -0.695. The summed E-state index contributed by atoms with van der Waals surface area (Å²) >= 11 is 0. The van der Waals surface area contributed by atoms with Gasteiger partial charge in [-0.05, 0) is 27.7 Å². The highest BCUT2D eigenvalue weighted by atomic mass is 16.6. The van der Waals surface area contributed by atoms with Crippen molar-refractivity contribution in [2.75, 3.05) is 13.6 Å². The van der Waals surface area contributed by atoms with E-state index in [1.54, 1.807) is 11.9 Å². The predicted octanol–water partition coefficient (Wildman–Crippen LogP) is 2.43. The van der Waals surface area contributed by atoms with Crippen molar-refractivity contribution in [2.24, 2.45) is 10.2 Å². The highest BCUT2D eigenvalue weighted by molar-refractivity contribution is 5.67. The number of carbonyl (C=O) groups excluding carboxylic acids is 1. The van der Waals surface area contributed by atoms with E-state index in [4.69, 9.17) is 4.74 Å². The van der Waals surface area contributed by atoms with Gasteiger partial charge in [0.25, 0.3) is 0 Å². The molecule has 0 aromatic rings. The molecule has 0 aromatic heterocycles. The van der Waals surface area contributed by atoms with Crippen molar-refractivity contribution in [3.8, 4) is 0 Å². The molecule has 0 unspecified atom stereocenters. The van der Waals surface area contributed by atoms with Crippen molar-refractivity contribution >= 4 is 6.09 Å². The summed E-state index contributed by atoms with van der Waals surface area (Å²) in [4.78, 5) is 13.1. The molecule has 0 saturated carbocycles. The smallest absolute Gasteiger partial charge is 0.410 e. The molecule has 0 aliphatic carbocycles. The summed E-state index contributed by atoms with van der Waals surface area (Å²) in [7, 11) is 1.72. The number of ether oxygens (including phenoxy) is 1. The van der Waals surface area contributed by atoms with E-state index in [0.717, 1.165) is 6.42 Å². The van der Waals surface area contributed by atoms with Crippen LogP contribution in [0.25, 0.3) is 0 Å². The minimum absolute atomic E-state index is 0.254. The fourth-order valence-electron chi connectivity index (χ4n) is 0.996. The minimum atomic E-state index is -0.441. The van der Waals surface area contributed by atoms with E-state index in [-0.39, 0.29) is 11.8 Å². The molecule has 5 heteroatoms. The van der Waals surface area contributed by atoms with Crippen LogP contribution in [0.5, 0.6) is 0 Å². The minimum Gasteiger partial charge on any atom is -0.444 e. The topological polar surface area (TPSA) is 54.3 Å². The van der Waals surface area contributed by atoms with Gasteiger partial charge in [-0.2, -0.15) is 10.2 Å². The van der Waals surface area contributed by atoms with Gasteiger partial charge in [-0.15, -0.1) is 0 Å². The molecule has 0 aromatic carbocycles. The maximum absolute atomic E-state index is 11.5. The van der Waals surface area contributed by atoms with Crippen LogP contribution in [0.15, 0.2) is 10.2 Å². The molecule has 15 heavy (non-hydrogen) atoms. The van der Waals surface area contributed by atoms with Crippen molar-refractivity contribution in [3.05, 3.63) is 0 Å². The first-order valence-electron chi connectivity index (χ1n) is 5.10. The molecule has 0 saturated heterocycles. The zero-order valence-electron chi connectivity index (χ0n) is 10.1. The lowest BCUT2D eigenvalue weighted by Crippen LogP contribution is -2.35. The maximum atomic E-state index is 11.5. The second kappa shape index (κ2) is 3.79. The van der Waals surface area contributed by atoms with E-state index < -0.39 is 5.60 Å². The van der Waals surface area contributed by atoms with Crippen molar-refractivity contribution < 1.29 is 9.53 Å². The van der Waals surface area contributed by atoms with Gasteiger partial charge >= 0.3 is 6.09 Å². The zero-order valence-corrected chi connectivity index (χ0v) is 10.1. The number of amides is 1. The fraction of sp³-hybridized carbons (Fsp3) is 0.900. The summed E-state index contributed by atoms with van der Waals surface area (Å²) < 4.78 is 5.21. The van der Waals surface area contributed by atoms with Crippen molar-refractivity contribution in [1.29, 1.82) is 0 Å². The molecule has 5 nitrogen and oxygen atoms in total. The van der Waals surface area contributed by atoms with E-state index in [9.17, 15) is 4.79 Å². The highest BCUT2D eigenvalue weighted by Gasteiger charge is 2.34. The van der Waals surface area contributed by atoms with Gasteiger partial charge in [0, 0.05) is 20.0 Å². The summed E-state index contributed by atoms with van der Waals surface area (Å²) in [6.07, 6.45) is 0.453. The Balaban J connectivity index is 2.27. The second-order valence-corrected chi connectivity index (χ2v) is 5.07. The Hall–Kier alpha value is -1.13. The van der Waals surface area contributed by atoms with Crippen LogP contribution in [-0.4, -0.2) is 35.8 Å². The average Bonchev–Trinajstić information content (AvgIpc) is 2.77. The molecule has 1 rings (SSSR count). The first-order valence-corrected chi connectivity index (χ1v) is 5.10. The number of hydrogen-bond donors (Lipinski definition) is 0. The molecule has 0 radical (unpaired) electrons. The molecular formula is C10H19N3O2. The van der Waals surface area contributed by atoms with Crippen LogP contribution in [0.4, 0.5) is 4.79 Å². The van der Waals surface area contributed by atoms with Crippen LogP contribution in [0, 0.1) is 0 Å². The standard InChI is InChI=1S/C10H19N3O2/c1-9(2,3)15-8(14)13(5)7-6-10(4)11-12-10/h6-7H2,1-5H3. The molecule has 0 spiro atoms. The first kappa shape index (κ1) is 11.9. The lowest BCUT2D eigenvalue weighted by molar-refractivity contribution is 0.0293. The highest BCUT2D eigenvalue weighted by Crippen LogP contribution is 2.30. The van der Waals surface area contributed by atoms with Gasteiger partial charge in [-0.25, -0.2) is 4.79 Å². The van der Waals surface area contributed by atoms with E-state index >= 15 is 0 Å². The SMILES string of the molecule is CN(CCC1(C)N=N1)C(=O)OC(C)(C)C. The van der Waals surface area contributed by atoms with Crippen LogP contribution in [0.1, 0.15) is 34.1 Å². The largest absolute Gasteiger partial charge is 0.444 e. The molecule has 0 bridgehead atoms. The molecular weight excluding hydrogens is 194 g/mol. The Morgan fingerprint density at radius 2 is 1.93 bits per heavy atom. The van der Waals surface area contributed by atoms with E-state index in [1.807, 2.05) is 27.7 Å². The van der Waals surface area contributed by atoms with Gasteiger partial charge in [-0.3, -0.25) is 0 Å². The van der Waals surface area contributed by atoms with Gasteiger partial charge in [0.05, 0.1) is 0 Å². The summed E-state index contributed by atoms with van der Waals surface area (Å²) in [6, 6.07) is 0. The van der Waals surface area contributed by atoms with Crippen molar-refractivity contribution in [3.63, 3.8) is 0 Å². The number of nitrogens with zero attached hydrogens (tertiary/aromatic N) is 3. The third-order valence-electron chi connectivity index (χ3n) is 2.07. The van der Waals surface area contributed by atoms with Gasteiger partial charge < -0.3 is 9.64 Å². The molecule has 0 N–H and O–H groups in total. The second-order valence-electron chi connectivity index (χ2n) is 5.07. The molecule has 1 heterocycles. The summed E-state index contributed by atoms with van der Waals surface area (Å²) in [5.74, 6) is 0. The van der Waals surface area contributed by atoms with Crippen LogP contribution < -0.4 is 0 Å². The predicted molar refractivity (Wildman–Crippen MR) is 56.7 cm³/mol.